The van der Waals surface area contributed by atoms with Gasteiger partial charge in [0, 0.05) is 11.1 Å². The van der Waals surface area contributed by atoms with Crippen LogP contribution >= 0.6 is 23.8 Å². The van der Waals surface area contributed by atoms with Crippen molar-refractivity contribution in [3.63, 3.8) is 0 Å². The molecule has 9 heteroatoms. The third-order valence-corrected chi connectivity index (χ3v) is 4.63. The average molecular weight is 407 g/mol. The van der Waals surface area contributed by atoms with E-state index in [-0.39, 0.29) is 0 Å². The summed E-state index contributed by atoms with van der Waals surface area (Å²) in [7, 11) is 4.76. The highest BCUT2D eigenvalue weighted by Crippen LogP contribution is 2.33. The molecule has 0 saturated heterocycles. The van der Waals surface area contributed by atoms with Gasteiger partial charge in [0.2, 0.25) is 4.77 Å². The minimum atomic E-state index is 0.398. The maximum Gasteiger partial charge on any atom is 0.214 e. The van der Waals surface area contributed by atoms with Gasteiger partial charge >= 0.3 is 0 Å². The molecule has 0 aliphatic carbocycles. The number of methoxy groups -OCH3 is 3. The molecule has 7 nitrogen and oxygen atoms in total. The smallest absolute Gasteiger partial charge is 0.214 e. The zero-order valence-electron chi connectivity index (χ0n) is 15.1. The van der Waals surface area contributed by atoms with Crippen molar-refractivity contribution in [1.29, 1.82) is 0 Å². The van der Waals surface area contributed by atoms with E-state index >= 15 is 0 Å². The van der Waals surface area contributed by atoms with Crippen LogP contribution in [0.5, 0.6) is 17.2 Å². The van der Waals surface area contributed by atoms with Gasteiger partial charge in [0.05, 0.1) is 33.4 Å². The Bertz CT molecular complexity index is 1000. The molecule has 3 rings (SSSR count). The quantitative estimate of drug-likeness (QED) is 0.577. The van der Waals surface area contributed by atoms with Crippen molar-refractivity contribution < 1.29 is 14.2 Å². The number of benzene rings is 2. The summed E-state index contributed by atoms with van der Waals surface area (Å²) in [5.74, 6) is 2.47. The van der Waals surface area contributed by atoms with Crippen LogP contribution in [0.3, 0.4) is 0 Å². The predicted octanol–water partition coefficient (Wildman–Crippen LogP) is 4.03. The normalized spacial score (nSPS) is 10.5. The summed E-state index contributed by atoms with van der Waals surface area (Å²) >= 11 is 11.7. The zero-order chi connectivity index (χ0) is 19.4. The second-order valence-corrected chi connectivity index (χ2v) is 6.32. The van der Waals surface area contributed by atoms with Crippen LogP contribution in [0.25, 0.3) is 11.4 Å². The topological polar surface area (TPSA) is 73.3 Å². The van der Waals surface area contributed by atoms with Gasteiger partial charge in [-0.3, -0.25) is 0 Å². The fourth-order valence-electron chi connectivity index (χ4n) is 2.65. The third-order valence-electron chi connectivity index (χ3n) is 4.00. The second kappa shape index (κ2) is 8.32. The molecule has 0 fully saturated rings. The molecule has 0 bridgehead atoms. The molecule has 0 aliphatic rings. The summed E-state index contributed by atoms with van der Waals surface area (Å²) < 4.78 is 18.1. The monoisotopic (exact) mass is 406 g/mol. The minimum Gasteiger partial charge on any atom is -0.496 e. The lowest BCUT2D eigenvalue weighted by Gasteiger charge is -2.15. The van der Waals surface area contributed by atoms with E-state index in [2.05, 4.69) is 15.6 Å². The maximum absolute atomic E-state index is 6.37. The van der Waals surface area contributed by atoms with Gasteiger partial charge in [-0.2, -0.15) is 5.10 Å². The van der Waals surface area contributed by atoms with Crippen LogP contribution < -0.4 is 19.6 Å². The van der Waals surface area contributed by atoms with Gasteiger partial charge in [-0.1, -0.05) is 23.7 Å². The van der Waals surface area contributed by atoms with Crippen LogP contribution in [0.4, 0.5) is 0 Å². The van der Waals surface area contributed by atoms with Crippen LogP contribution in [0.15, 0.2) is 36.4 Å². The van der Waals surface area contributed by atoms with Crippen molar-refractivity contribution in [3.8, 4) is 28.6 Å². The standard InChI is InChI=1S/C18H19ClN4O3S/c1-24-14-7-5-4-6-12(14)17-21-22-18(27)23(17)20-10-11-8-15(25-2)16(26-3)9-13(11)19/h4-9,20H,10H2,1-3H3,(H,22,27). The molecule has 0 atom stereocenters. The van der Waals surface area contributed by atoms with Gasteiger partial charge in [-0.25, -0.2) is 9.77 Å². The van der Waals surface area contributed by atoms with Crippen molar-refractivity contribution in [2.24, 2.45) is 0 Å². The number of hydrogen-bond acceptors (Lipinski definition) is 6. The molecule has 1 heterocycles. The van der Waals surface area contributed by atoms with Crippen molar-refractivity contribution in [1.82, 2.24) is 14.9 Å². The second-order valence-electron chi connectivity index (χ2n) is 5.52. The zero-order valence-corrected chi connectivity index (χ0v) is 16.6. The van der Waals surface area contributed by atoms with E-state index in [1.54, 1.807) is 32.1 Å². The van der Waals surface area contributed by atoms with Gasteiger partial charge < -0.3 is 19.6 Å². The molecule has 2 N–H and O–H groups in total. The number of nitrogens with zero attached hydrogens (tertiary/aromatic N) is 2. The fraction of sp³-hybridized carbons (Fsp3) is 0.222. The van der Waals surface area contributed by atoms with Crippen LogP contribution in [0.2, 0.25) is 5.02 Å². The summed E-state index contributed by atoms with van der Waals surface area (Å²) in [6.07, 6.45) is 0. The Kier molecular flexibility index (Phi) is 5.88. The molecule has 2 aromatic carbocycles. The highest BCUT2D eigenvalue weighted by Gasteiger charge is 2.15. The lowest BCUT2D eigenvalue weighted by atomic mass is 10.2. The molecule has 0 saturated carbocycles. The van der Waals surface area contributed by atoms with Crippen LogP contribution in [-0.4, -0.2) is 36.2 Å². The molecular formula is C18H19ClN4O3S. The number of ether oxygens (including phenoxy) is 3. The Morgan fingerprint density at radius 1 is 1.07 bits per heavy atom. The van der Waals surface area contributed by atoms with Gasteiger partial charge in [-0.15, -0.1) is 0 Å². The molecule has 0 spiro atoms. The van der Waals surface area contributed by atoms with Crippen molar-refractivity contribution in [2.75, 3.05) is 26.8 Å². The fourth-order valence-corrected chi connectivity index (χ4v) is 3.07. The lowest BCUT2D eigenvalue weighted by molar-refractivity contribution is 0.354. The summed E-state index contributed by atoms with van der Waals surface area (Å²) in [5, 5.41) is 7.66. The largest absolute Gasteiger partial charge is 0.496 e. The Labute approximate surface area is 166 Å². The number of H-pyrrole nitrogens is 1. The molecule has 3 aromatic rings. The first kappa shape index (κ1) is 19.1. The highest BCUT2D eigenvalue weighted by atomic mass is 35.5. The predicted molar refractivity (Wildman–Crippen MR) is 107 cm³/mol. The van der Waals surface area contributed by atoms with E-state index in [9.17, 15) is 0 Å². The summed E-state index contributed by atoms with van der Waals surface area (Å²) in [5.41, 5.74) is 4.87. The summed E-state index contributed by atoms with van der Waals surface area (Å²) in [6, 6.07) is 11.1. The van der Waals surface area contributed by atoms with Gasteiger partial charge in [-0.05, 0) is 36.0 Å². The molecule has 0 unspecified atom stereocenters. The average Bonchev–Trinajstić information content (AvgIpc) is 3.06. The van der Waals surface area contributed by atoms with Gasteiger partial charge in [0.1, 0.15) is 5.75 Å². The molecular weight excluding hydrogens is 388 g/mol. The van der Waals surface area contributed by atoms with Crippen molar-refractivity contribution in [3.05, 3.63) is 51.8 Å². The van der Waals surface area contributed by atoms with E-state index < -0.39 is 0 Å². The Morgan fingerprint density at radius 3 is 2.44 bits per heavy atom. The first-order valence-corrected chi connectivity index (χ1v) is 8.82. The minimum absolute atomic E-state index is 0.398. The van der Waals surface area contributed by atoms with E-state index in [1.165, 1.54) is 0 Å². The number of halogens is 1. The Morgan fingerprint density at radius 2 is 1.74 bits per heavy atom. The van der Waals surface area contributed by atoms with E-state index in [4.69, 9.17) is 38.0 Å². The molecule has 0 radical (unpaired) electrons. The highest BCUT2D eigenvalue weighted by molar-refractivity contribution is 7.71. The lowest BCUT2D eigenvalue weighted by Crippen LogP contribution is -2.16. The van der Waals surface area contributed by atoms with Crippen molar-refractivity contribution >= 4 is 23.8 Å². The van der Waals surface area contributed by atoms with Gasteiger partial charge in [0.15, 0.2) is 17.3 Å². The molecule has 0 amide bonds. The summed E-state index contributed by atoms with van der Waals surface area (Å²) in [4.78, 5) is 0. The Balaban J connectivity index is 1.92. The van der Waals surface area contributed by atoms with Gasteiger partial charge in [0.25, 0.3) is 0 Å². The molecule has 142 valence electrons. The molecule has 27 heavy (non-hydrogen) atoms. The van der Waals surface area contributed by atoms with Crippen LogP contribution in [0, 0.1) is 4.77 Å². The SMILES string of the molecule is COc1cc(Cl)c(CNn2c(-c3ccccc3OC)n[nH]c2=S)cc1OC. The number of aromatic amines is 1. The number of hydrogen-bond donors (Lipinski definition) is 2. The first-order valence-electron chi connectivity index (χ1n) is 8.04. The maximum atomic E-state index is 6.37. The molecule has 1 aromatic heterocycles. The molecule has 0 aliphatic heterocycles. The third kappa shape index (κ3) is 3.86. The van der Waals surface area contributed by atoms with Crippen molar-refractivity contribution in [2.45, 2.75) is 6.54 Å². The van der Waals surface area contributed by atoms with Crippen LogP contribution in [-0.2, 0) is 6.54 Å². The number of nitrogens with one attached hydrogen (secondary N) is 2. The van der Waals surface area contributed by atoms with E-state index in [0.29, 0.717) is 39.4 Å². The number of para-hydroxylation sites is 1. The van der Waals surface area contributed by atoms with E-state index in [0.717, 1.165) is 11.1 Å². The first-order chi connectivity index (χ1) is 13.1. The number of aromatic nitrogens is 3. The Hall–Kier alpha value is -2.71. The van der Waals surface area contributed by atoms with E-state index in [1.807, 2.05) is 30.3 Å². The summed E-state index contributed by atoms with van der Waals surface area (Å²) in [6.45, 7) is 0.398. The van der Waals surface area contributed by atoms with Crippen LogP contribution in [0.1, 0.15) is 5.56 Å². The number of rotatable bonds is 7.